The summed E-state index contributed by atoms with van der Waals surface area (Å²) in [7, 11) is 3.05. The smallest absolute Gasteiger partial charge is 0.343 e. The first-order valence-corrected chi connectivity index (χ1v) is 12.5. The Bertz CT molecular complexity index is 1110. The summed E-state index contributed by atoms with van der Waals surface area (Å²) < 4.78 is 52.6. The van der Waals surface area contributed by atoms with Crippen molar-refractivity contribution in [2.24, 2.45) is 5.90 Å². The number of esters is 1. The van der Waals surface area contributed by atoms with E-state index in [1.807, 2.05) is 60.7 Å². The molecule has 0 heterocycles. The summed E-state index contributed by atoms with van der Waals surface area (Å²) in [6.45, 7) is 0.456. The monoisotopic (exact) mass is 559 g/mol. The van der Waals surface area contributed by atoms with Crippen LogP contribution < -0.4 is 15.4 Å². The van der Waals surface area contributed by atoms with Crippen molar-refractivity contribution in [3.05, 3.63) is 95.3 Å². The van der Waals surface area contributed by atoms with E-state index in [0.29, 0.717) is 13.2 Å². The number of rotatable bonds is 18. The van der Waals surface area contributed by atoms with E-state index >= 15 is 0 Å². The van der Waals surface area contributed by atoms with Crippen LogP contribution in [-0.4, -0.2) is 60.2 Å². The molecule has 10 nitrogen and oxygen atoms in total. The number of carbonyl (C=O) groups is 1. The van der Waals surface area contributed by atoms with Gasteiger partial charge < -0.3 is 33.2 Å². The number of hydrogen-bond acceptors (Lipinski definition) is 10. The van der Waals surface area contributed by atoms with E-state index in [2.05, 4.69) is 0 Å². The molecular weight excluding hydrogens is 525 g/mol. The fraction of sp³-hybridized carbons (Fsp3) is 0.345. The zero-order valence-corrected chi connectivity index (χ0v) is 22.5. The second kappa shape index (κ2) is 17.2. The third kappa shape index (κ3) is 8.98. The van der Waals surface area contributed by atoms with Crippen LogP contribution in [0.3, 0.4) is 0 Å². The zero-order chi connectivity index (χ0) is 28.6. The van der Waals surface area contributed by atoms with Gasteiger partial charge in [0, 0.05) is 19.8 Å². The van der Waals surface area contributed by atoms with Crippen LogP contribution in [0.1, 0.15) is 28.9 Å². The fourth-order valence-electron chi connectivity index (χ4n) is 3.67. The minimum atomic E-state index is -1.50. The van der Waals surface area contributed by atoms with Gasteiger partial charge in [0.05, 0.1) is 26.4 Å². The third-order valence-corrected chi connectivity index (χ3v) is 5.60. The van der Waals surface area contributed by atoms with Crippen molar-refractivity contribution in [2.75, 3.05) is 54.2 Å². The first-order valence-electron chi connectivity index (χ1n) is 12.5. The van der Waals surface area contributed by atoms with Crippen LogP contribution >= 0.6 is 0 Å². The van der Waals surface area contributed by atoms with Gasteiger partial charge in [0.25, 0.3) is 0 Å². The van der Waals surface area contributed by atoms with Crippen LogP contribution in [0.25, 0.3) is 0 Å². The van der Waals surface area contributed by atoms with Crippen molar-refractivity contribution in [3.8, 4) is 11.5 Å². The molecule has 0 aliphatic carbocycles. The molecule has 3 aromatic rings. The van der Waals surface area contributed by atoms with Gasteiger partial charge in [-0.1, -0.05) is 60.7 Å². The Morgan fingerprint density at radius 3 is 1.77 bits per heavy atom. The number of halogens is 1. The second-order valence-electron chi connectivity index (χ2n) is 8.28. The maximum absolute atomic E-state index is 14.9. The average Bonchev–Trinajstić information content (AvgIpc) is 2.99. The summed E-state index contributed by atoms with van der Waals surface area (Å²) in [5.41, 5.74) is 1.53. The first kappa shape index (κ1) is 31.0. The Morgan fingerprint density at radius 1 is 0.750 bits per heavy atom. The molecule has 0 saturated carbocycles. The molecule has 216 valence electrons. The molecule has 0 aromatic heterocycles. The van der Waals surface area contributed by atoms with E-state index in [1.165, 1.54) is 20.3 Å². The van der Waals surface area contributed by atoms with Gasteiger partial charge in [0.1, 0.15) is 0 Å². The molecule has 1 unspecified atom stereocenters. The molecule has 0 bridgehead atoms. The van der Waals surface area contributed by atoms with Crippen LogP contribution in [0, 0.1) is 5.82 Å². The van der Waals surface area contributed by atoms with Crippen molar-refractivity contribution >= 4 is 5.97 Å². The van der Waals surface area contributed by atoms with Crippen LogP contribution in [-0.2, 0) is 33.3 Å². The summed E-state index contributed by atoms with van der Waals surface area (Å²) in [6.07, 6.45) is -2.26. The Hall–Kier alpha value is -3.58. The first-order chi connectivity index (χ1) is 19.6. The molecule has 2 N–H and O–H groups in total. The quantitative estimate of drug-likeness (QED) is 0.106. The van der Waals surface area contributed by atoms with E-state index in [4.69, 9.17) is 43.9 Å². The molecule has 40 heavy (non-hydrogen) atoms. The minimum absolute atomic E-state index is 0.0657. The van der Waals surface area contributed by atoms with E-state index in [-0.39, 0.29) is 43.9 Å². The van der Waals surface area contributed by atoms with E-state index in [0.717, 1.165) is 17.2 Å². The molecule has 0 amide bonds. The maximum Gasteiger partial charge on any atom is 0.343 e. The Balaban J connectivity index is 1.90. The van der Waals surface area contributed by atoms with Crippen LogP contribution in [0.15, 0.2) is 72.8 Å². The molecule has 0 radical (unpaired) electrons. The van der Waals surface area contributed by atoms with Gasteiger partial charge in [-0.25, -0.2) is 15.1 Å². The number of carbonyl (C=O) groups excluding carboxylic acids is 1. The molecule has 0 aliphatic heterocycles. The molecule has 1 atom stereocenters. The lowest BCUT2D eigenvalue weighted by atomic mass is 10.0. The van der Waals surface area contributed by atoms with Crippen LogP contribution in [0.2, 0.25) is 0 Å². The fourth-order valence-corrected chi connectivity index (χ4v) is 3.67. The number of hydrogen-bond donors (Lipinski definition) is 1. The summed E-state index contributed by atoms with van der Waals surface area (Å²) in [5.74, 6) is 3.52. The topological polar surface area (TPSA) is 117 Å². The van der Waals surface area contributed by atoms with E-state index < -0.39 is 24.0 Å². The summed E-state index contributed by atoms with van der Waals surface area (Å²) in [6, 6.07) is 20.8. The SMILES string of the molecule is COCCOCOc1c(F)ccc(C(ON)C(=O)OC(c2ccccc2)c2ccccc2)c1OCOCCOC. The molecule has 11 heteroatoms. The Labute approximate surface area is 232 Å². The van der Waals surface area contributed by atoms with Gasteiger partial charge in [-0.05, 0) is 23.3 Å². The predicted octanol–water partition coefficient (Wildman–Crippen LogP) is 4.09. The number of nitrogens with two attached hydrogens (primary N) is 1. The third-order valence-electron chi connectivity index (χ3n) is 5.60. The highest BCUT2D eigenvalue weighted by Crippen LogP contribution is 2.40. The Morgan fingerprint density at radius 2 is 1.27 bits per heavy atom. The predicted molar refractivity (Wildman–Crippen MR) is 142 cm³/mol. The summed E-state index contributed by atoms with van der Waals surface area (Å²) in [5, 5.41) is 0. The van der Waals surface area contributed by atoms with Crippen molar-refractivity contribution < 1.29 is 47.2 Å². The zero-order valence-electron chi connectivity index (χ0n) is 22.5. The van der Waals surface area contributed by atoms with Crippen LogP contribution in [0.5, 0.6) is 11.5 Å². The van der Waals surface area contributed by atoms with Gasteiger partial charge in [-0.3, -0.25) is 4.84 Å². The molecular formula is C29H34FNO9. The number of methoxy groups -OCH3 is 2. The van der Waals surface area contributed by atoms with Crippen LogP contribution in [0.4, 0.5) is 4.39 Å². The highest BCUT2D eigenvalue weighted by atomic mass is 19.1. The van der Waals surface area contributed by atoms with Crippen molar-refractivity contribution in [2.45, 2.75) is 12.2 Å². The number of benzene rings is 3. The standard InChI is InChI=1S/C29H34FNO9/c1-33-15-17-35-19-37-26-23(13-14-24(30)28(26)38-20-36-18-16-34-2)27(40-31)29(32)39-25(21-9-5-3-6-10-21)22-11-7-4-8-12-22/h3-14,25,27H,15-20,31H2,1-2H3. The average molecular weight is 560 g/mol. The largest absolute Gasteiger partial charge is 0.463 e. The molecule has 0 fully saturated rings. The molecule has 0 spiro atoms. The van der Waals surface area contributed by atoms with E-state index in [1.54, 1.807) is 0 Å². The van der Waals surface area contributed by atoms with Crippen molar-refractivity contribution in [1.82, 2.24) is 0 Å². The number of ether oxygens (including phenoxy) is 7. The minimum Gasteiger partial charge on any atom is -0.463 e. The lowest BCUT2D eigenvalue weighted by molar-refractivity contribution is -0.162. The summed E-state index contributed by atoms with van der Waals surface area (Å²) >= 11 is 0. The van der Waals surface area contributed by atoms with Gasteiger partial charge >= 0.3 is 5.97 Å². The lowest BCUT2D eigenvalue weighted by Crippen LogP contribution is -2.25. The van der Waals surface area contributed by atoms with Gasteiger partial charge in [0.2, 0.25) is 11.9 Å². The lowest BCUT2D eigenvalue weighted by Gasteiger charge is -2.24. The normalized spacial score (nSPS) is 11.8. The highest BCUT2D eigenvalue weighted by molar-refractivity contribution is 5.79. The molecule has 3 rings (SSSR count). The van der Waals surface area contributed by atoms with Crippen molar-refractivity contribution in [1.29, 1.82) is 0 Å². The van der Waals surface area contributed by atoms with Gasteiger partial charge in [-0.15, -0.1) is 0 Å². The molecule has 0 saturated heterocycles. The maximum atomic E-state index is 14.9. The molecule has 0 aliphatic rings. The second-order valence-corrected chi connectivity index (χ2v) is 8.28. The van der Waals surface area contributed by atoms with Gasteiger partial charge in [0.15, 0.2) is 31.3 Å². The van der Waals surface area contributed by atoms with E-state index in [9.17, 15) is 9.18 Å². The van der Waals surface area contributed by atoms with Crippen molar-refractivity contribution in [3.63, 3.8) is 0 Å². The summed E-state index contributed by atoms with van der Waals surface area (Å²) in [4.78, 5) is 18.6. The Kier molecular flexibility index (Phi) is 13.3. The molecule has 3 aromatic carbocycles. The highest BCUT2D eigenvalue weighted by Gasteiger charge is 2.32. The van der Waals surface area contributed by atoms with Gasteiger partial charge in [-0.2, -0.15) is 0 Å².